The number of aliphatic hydroxyl groups is 1. The van der Waals surface area contributed by atoms with Gasteiger partial charge in [0.2, 0.25) is 0 Å². The summed E-state index contributed by atoms with van der Waals surface area (Å²) in [6.07, 6.45) is 1.95. The van der Waals surface area contributed by atoms with Gasteiger partial charge in [0.1, 0.15) is 12.0 Å². The summed E-state index contributed by atoms with van der Waals surface area (Å²) in [6.45, 7) is 0.546. The Morgan fingerprint density at radius 3 is 3.12 bits per heavy atom. The fraction of sp³-hybridized carbons (Fsp3) is 0.556. The highest BCUT2D eigenvalue weighted by Crippen LogP contribution is 2.24. The minimum atomic E-state index is -0.115. The van der Waals surface area contributed by atoms with Crippen LogP contribution in [0.3, 0.4) is 0 Å². The van der Waals surface area contributed by atoms with Crippen LogP contribution in [-0.4, -0.2) is 40.4 Å². The van der Waals surface area contributed by atoms with Crippen molar-refractivity contribution in [2.45, 2.75) is 18.6 Å². The molecule has 2 heterocycles. The SMILES string of the molecule is Nc1c(Cl)ncnc1NC1CO[C@@H](CO)C1. The van der Waals surface area contributed by atoms with Crippen molar-refractivity contribution < 1.29 is 9.84 Å². The van der Waals surface area contributed by atoms with Gasteiger partial charge in [-0.15, -0.1) is 0 Å². The lowest BCUT2D eigenvalue weighted by molar-refractivity contribution is 0.0588. The second kappa shape index (κ2) is 4.82. The number of ether oxygens (including phenoxy) is 1. The molecule has 4 N–H and O–H groups in total. The summed E-state index contributed by atoms with van der Waals surface area (Å²) in [5.41, 5.74) is 6.05. The molecule has 0 amide bonds. The zero-order chi connectivity index (χ0) is 11.5. The van der Waals surface area contributed by atoms with E-state index in [1.165, 1.54) is 6.33 Å². The first-order valence-corrected chi connectivity index (χ1v) is 5.33. The number of nitrogens with zero attached hydrogens (tertiary/aromatic N) is 2. The Morgan fingerprint density at radius 1 is 1.62 bits per heavy atom. The molecule has 0 saturated carbocycles. The van der Waals surface area contributed by atoms with E-state index in [1.54, 1.807) is 0 Å². The molecule has 0 radical (unpaired) electrons. The molecule has 88 valence electrons. The Hall–Kier alpha value is -1.11. The molecule has 2 rings (SSSR count). The Balaban J connectivity index is 2.02. The zero-order valence-electron chi connectivity index (χ0n) is 8.56. The number of rotatable bonds is 3. The first-order valence-electron chi connectivity index (χ1n) is 4.95. The van der Waals surface area contributed by atoms with Crippen molar-refractivity contribution in [3.8, 4) is 0 Å². The molecule has 0 aliphatic carbocycles. The van der Waals surface area contributed by atoms with E-state index in [1.807, 2.05) is 0 Å². The van der Waals surface area contributed by atoms with Crippen LogP contribution < -0.4 is 11.1 Å². The van der Waals surface area contributed by atoms with Gasteiger partial charge in [-0.1, -0.05) is 11.6 Å². The molecule has 1 fully saturated rings. The summed E-state index contributed by atoms with van der Waals surface area (Å²) >= 11 is 5.77. The van der Waals surface area contributed by atoms with Crippen LogP contribution in [0, 0.1) is 0 Å². The summed E-state index contributed by atoms with van der Waals surface area (Å²) in [5, 5.41) is 12.3. The monoisotopic (exact) mass is 244 g/mol. The van der Waals surface area contributed by atoms with Crippen LogP contribution in [0.25, 0.3) is 0 Å². The summed E-state index contributed by atoms with van der Waals surface area (Å²) in [5.74, 6) is 0.507. The van der Waals surface area contributed by atoms with Gasteiger partial charge in [-0.3, -0.25) is 0 Å². The Kier molecular flexibility index (Phi) is 3.42. The smallest absolute Gasteiger partial charge is 0.157 e. The molecule has 0 bridgehead atoms. The number of hydrogen-bond donors (Lipinski definition) is 3. The number of aromatic nitrogens is 2. The van der Waals surface area contributed by atoms with Crippen LogP contribution in [0.4, 0.5) is 11.5 Å². The third-order valence-electron chi connectivity index (χ3n) is 2.46. The lowest BCUT2D eigenvalue weighted by Crippen LogP contribution is -2.21. The molecule has 7 heteroatoms. The van der Waals surface area contributed by atoms with Crippen LogP contribution in [0.15, 0.2) is 6.33 Å². The fourth-order valence-electron chi connectivity index (χ4n) is 1.62. The van der Waals surface area contributed by atoms with E-state index in [4.69, 9.17) is 27.2 Å². The van der Waals surface area contributed by atoms with Crippen LogP contribution in [0.5, 0.6) is 0 Å². The first kappa shape index (κ1) is 11.4. The summed E-state index contributed by atoms with van der Waals surface area (Å²) < 4.78 is 5.33. The van der Waals surface area contributed by atoms with Crippen molar-refractivity contribution in [3.05, 3.63) is 11.5 Å². The summed E-state index contributed by atoms with van der Waals surface area (Å²) in [7, 11) is 0. The van der Waals surface area contributed by atoms with Crippen molar-refractivity contribution in [3.63, 3.8) is 0 Å². The summed E-state index contributed by atoms with van der Waals surface area (Å²) in [6, 6.07) is 0.0883. The highest BCUT2D eigenvalue weighted by molar-refractivity contribution is 6.32. The third kappa shape index (κ3) is 2.34. The van der Waals surface area contributed by atoms with Gasteiger partial charge >= 0.3 is 0 Å². The molecule has 16 heavy (non-hydrogen) atoms. The van der Waals surface area contributed by atoms with Gasteiger partial charge in [-0.2, -0.15) is 0 Å². The predicted octanol–water partition coefficient (Wildman–Crippen LogP) is 0.274. The standard InChI is InChI=1S/C9H13ClN4O2/c10-8-7(11)9(13-4-12-8)14-5-1-6(2-15)16-3-5/h4-6,15H,1-3,11H2,(H,12,13,14)/t5?,6-/m1/s1. The van der Waals surface area contributed by atoms with Gasteiger partial charge in [-0.05, 0) is 6.42 Å². The number of halogens is 1. The fourth-order valence-corrected chi connectivity index (χ4v) is 1.75. The minimum absolute atomic E-state index is 0.0260. The second-order valence-electron chi connectivity index (χ2n) is 3.64. The topological polar surface area (TPSA) is 93.3 Å². The van der Waals surface area contributed by atoms with Crippen LogP contribution >= 0.6 is 11.6 Å². The largest absolute Gasteiger partial charge is 0.394 e. The molecule has 1 aromatic heterocycles. The normalized spacial score (nSPS) is 24.6. The van der Waals surface area contributed by atoms with Gasteiger partial charge in [-0.25, -0.2) is 9.97 Å². The van der Waals surface area contributed by atoms with E-state index in [0.29, 0.717) is 18.1 Å². The molecule has 1 saturated heterocycles. The zero-order valence-corrected chi connectivity index (χ0v) is 9.31. The Bertz CT molecular complexity index is 377. The third-order valence-corrected chi connectivity index (χ3v) is 2.76. The lowest BCUT2D eigenvalue weighted by Gasteiger charge is -2.13. The quantitative estimate of drug-likeness (QED) is 0.661. The van der Waals surface area contributed by atoms with Gasteiger partial charge in [0.25, 0.3) is 0 Å². The second-order valence-corrected chi connectivity index (χ2v) is 4.00. The molecular weight excluding hydrogens is 232 g/mol. The molecule has 1 aliphatic rings. The number of anilines is 2. The van der Waals surface area contributed by atoms with E-state index in [0.717, 1.165) is 6.42 Å². The molecule has 1 aliphatic heterocycles. The molecule has 6 nitrogen and oxygen atoms in total. The predicted molar refractivity (Wildman–Crippen MR) is 60.3 cm³/mol. The van der Waals surface area contributed by atoms with Crippen molar-refractivity contribution >= 4 is 23.1 Å². The maximum absolute atomic E-state index is 8.92. The number of nitrogens with one attached hydrogen (secondary N) is 1. The van der Waals surface area contributed by atoms with Gasteiger partial charge in [0.15, 0.2) is 11.0 Å². The highest BCUT2D eigenvalue weighted by Gasteiger charge is 2.25. The average Bonchev–Trinajstić information content (AvgIpc) is 2.73. The molecule has 1 aromatic rings. The maximum atomic E-state index is 8.92. The average molecular weight is 245 g/mol. The maximum Gasteiger partial charge on any atom is 0.157 e. The number of nitrogens with two attached hydrogens (primary N) is 1. The van der Waals surface area contributed by atoms with E-state index >= 15 is 0 Å². The minimum Gasteiger partial charge on any atom is -0.394 e. The number of aliphatic hydroxyl groups excluding tert-OH is 1. The first-order chi connectivity index (χ1) is 7.70. The molecular formula is C9H13ClN4O2. The Morgan fingerprint density at radius 2 is 2.44 bits per heavy atom. The van der Waals surface area contributed by atoms with Gasteiger partial charge < -0.3 is 20.9 Å². The lowest BCUT2D eigenvalue weighted by atomic mass is 10.2. The van der Waals surface area contributed by atoms with E-state index in [2.05, 4.69) is 15.3 Å². The van der Waals surface area contributed by atoms with Crippen LogP contribution in [0.1, 0.15) is 6.42 Å². The van der Waals surface area contributed by atoms with Crippen molar-refractivity contribution in [2.24, 2.45) is 0 Å². The van der Waals surface area contributed by atoms with Crippen molar-refractivity contribution in [1.29, 1.82) is 0 Å². The Labute approximate surface area is 97.8 Å². The van der Waals surface area contributed by atoms with Crippen LogP contribution in [-0.2, 0) is 4.74 Å². The van der Waals surface area contributed by atoms with Crippen molar-refractivity contribution in [2.75, 3.05) is 24.3 Å². The van der Waals surface area contributed by atoms with Crippen LogP contribution in [0.2, 0.25) is 5.15 Å². The number of nitrogen functional groups attached to an aromatic ring is 1. The molecule has 0 aromatic carbocycles. The number of hydrogen-bond acceptors (Lipinski definition) is 6. The molecule has 1 unspecified atom stereocenters. The highest BCUT2D eigenvalue weighted by atomic mass is 35.5. The summed E-state index contributed by atoms with van der Waals surface area (Å²) in [4.78, 5) is 7.77. The van der Waals surface area contributed by atoms with Crippen molar-refractivity contribution in [1.82, 2.24) is 9.97 Å². The molecule has 2 atom stereocenters. The molecule has 0 spiro atoms. The van der Waals surface area contributed by atoms with E-state index < -0.39 is 0 Å². The van der Waals surface area contributed by atoms with Gasteiger partial charge in [0.05, 0.1) is 25.4 Å². The van der Waals surface area contributed by atoms with E-state index in [9.17, 15) is 0 Å². The van der Waals surface area contributed by atoms with E-state index in [-0.39, 0.29) is 23.9 Å². The van der Waals surface area contributed by atoms with Gasteiger partial charge in [0, 0.05) is 0 Å².